The number of hydrogen-bond donors (Lipinski definition) is 1. The third kappa shape index (κ3) is 14.1. The second kappa shape index (κ2) is 16.7. The van der Waals surface area contributed by atoms with Gasteiger partial charge in [-0.05, 0) is 30.7 Å². The van der Waals surface area contributed by atoms with E-state index >= 15 is 0 Å². The van der Waals surface area contributed by atoms with Crippen LogP contribution in [0.25, 0.3) is 0 Å². The van der Waals surface area contributed by atoms with Gasteiger partial charge in [-0.2, -0.15) is 0 Å². The molecule has 0 aromatic heterocycles. The van der Waals surface area contributed by atoms with Crippen molar-refractivity contribution in [1.29, 1.82) is 0 Å². The molecule has 0 heterocycles. The lowest BCUT2D eigenvalue weighted by Crippen LogP contribution is -1.99. The molecule has 0 bridgehead atoms. The Morgan fingerprint density at radius 3 is 1.67 bits per heavy atom. The van der Waals surface area contributed by atoms with Crippen LogP contribution in [0.4, 0.5) is 8.78 Å². The maximum atomic E-state index is 12.5. The summed E-state index contributed by atoms with van der Waals surface area (Å²) in [6.07, 6.45) is 14.7. The van der Waals surface area contributed by atoms with Gasteiger partial charge in [-0.25, -0.2) is 13.3 Å². The Kier molecular flexibility index (Phi) is 15.1. The average Bonchev–Trinajstić information content (AvgIpc) is 2.71. The normalized spacial score (nSPS) is 13.5. The first-order valence-corrected chi connectivity index (χ1v) is 13.0. The molecule has 0 radical (unpaired) electrons. The highest BCUT2D eigenvalue weighted by atomic mass is 31.2. The van der Waals surface area contributed by atoms with Gasteiger partial charge < -0.3 is 4.52 Å². The first-order valence-electron chi connectivity index (χ1n) is 11.5. The van der Waals surface area contributed by atoms with Crippen molar-refractivity contribution in [2.45, 2.75) is 103 Å². The van der Waals surface area contributed by atoms with E-state index in [1.54, 1.807) is 0 Å². The van der Waals surface area contributed by atoms with Gasteiger partial charge in [0.05, 0.1) is 6.61 Å². The Balaban J connectivity index is 1.96. The molecule has 0 amide bonds. The lowest BCUT2D eigenvalue weighted by molar-refractivity contribution is 0.151. The highest BCUT2D eigenvalue weighted by molar-refractivity contribution is 7.47. The third-order valence-electron chi connectivity index (χ3n) is 5.11. The summed E-state index contributed by atoms with van der Waals surface area (Å²) >= 11 is 0. The zero-order valence-corrected chi connectivity index (χ0v) is 19.3. The average molecular weight is 449 g/mol. The van der Waals surface area contributed by atoms with Gasteiger partial charge in [0.1, 0.15) is 5.75 Å². The summed E-state index contributed by atoms with van der Waals surface area (Å²) in [5.74, 6) is 0.0335. The zero-order valence-electron chi connectivity index (χ0n) is 18.4. The maximum absolute atomic E-state index is 12.5. The molecular weight excluding hydrogens is 409 g/mol. The van der Waals surface area contributed by atoms with Crippen LogP contribution in [0.5, 0.6) is 5.75 Å². The van der Waals surface area contributed by atoms with Gasteiger partial charge in [0.15, 0.2) is 0 Å². The molecule has 174 valence electrons. The van der Waals surface area contributed by atoms with Crippen LogP contribution in [0.2, 0.25) is 0 Å². The van der Waals surface area contributed by atoms with Crippen LogP contribution < -0.4 is 4.52 Å². The number of halogens is 2. The summed E-state index contributed by atoms with van der Waals surface area (Å²) in [6, 6.07) is 4.79. The Morgan fingerprint density at radius 2 is 1.23 bits per heavy atom. The van der Waals surface area contributed by atoms with Crippen LogP contribution in [-0.2, 0) is 9.09 Å². The maximum Gasteiger partial charge on any atom is 0.527 e. The Morgan fingerprint density at radius 1 is 0.800 bits per heavy atom. The number of benzene rings is 1. The van der Waals surface area contributed by atoms with Crippen LogP contribution in [0.3, 0.4) is 0 Å². The fourth-order valence-corrected chi connectivity index (χ4v) is 4.11. The second-order valence-corrected chi connectivity index (χ2v) is 9.24. The van der Waals surface area contributed by atoms with Crippen molar-refractivity contribution in [3.05, 3.63) is 29.8 Å². The van der Waals surface area contributed by atoms with Gasteiger partial charge in [-0.3, -0.25) is 9.42 Å². The van der Waals surface area contributed by atoms with Gasteiger partial charge in [-0.1, -0.05) is 90.4 Å². The fraction of sp³-hybridized carbons (Fsp3) is 0.739. The molecule has 0 aliphatic rings. The first-order chi connectivity index (χ1) is 14.4. The quantitative estimate of drug-likeness (QED) is 0.170. The number of unbranched alkanes of at least 4 members (excludes halogenated alkanes) is 13. The number of hydrogen-bond acceptors (Lipinski definition) is 3. The summed E-state index contributed by atoms with van der Waals surface area (Å²) in [4.78, 5) is 9.71. The molecule has 0 spiro atoms. The third-order valence-corrected chi connectivity index (χ3v) is 6.06. The molecule has 1 N–H and O–H groups in total. The van der Waals surface area contributed by atoms with E-state index in [-0.39, 0.29) is 17.9 Å². The van der Waals surface area contributed by atoms with Gasteiger partial charge in [0.2, 0.25) is 0 Å². The summed E-state index contributed by atoms with van der Waals surface area (Å²) in [5, 5.41) is 0. The molecule has 1 aromatic carbocycles. The van der Waals surface area contributed by atoms with E-state index in [2.05, 4.69) is 6.92 Å². The lowest BCUT2D eigenvalue weighted by Gasteiger charge is -2.13. The summed E-state index contributed by atoms with van der Waals surface area (Å²) in [5.41, 5.74) is -0.168. The van der Waals surface area contributed by atoms with E-state index in [9.17, 15) is 18.2 Å². The van der Waals surface area contributed by atoms with Crippen LogP contribution in [0.15, 0.2) is 24.3 Å². The highest BCUT2D eigenvalue weighted by Crippen LogP contribution is 2.44. The number of phosphoric acid groups is 1. The van der Waals surface area contributed by atoms with Gasteiger partial charge in [0.25, 0.3) is 6.43 Å². The van der Waals surface area contributed by atoms with E-state index in [1.165, 1.54) is 82.8 Å². The molecule has 1 aromatic rings. The van der Waals surface area contributed by atoms with E-state index in [0.29, 0.717) is 6.42 Å². The van der Waals surface area contributed by atoms with E-state index < -0.39 is 14.2 Å². The number of phosphoric ester groups is 1. The molecule has 0 aliphatic heterocycles. The molecular formula is C23H39F2O4P. The summed E-state index contributed by atoms with van der Waals surface area (Å²) in [7, 11) is -4.23. The Labute approximate surface area is 181 Å². The van der Waals surface area contributed by atoms with Crippen molar-refractivity contribution in [3.63, 3.8) is 0 Å². The van der Waals surface area contributed by atoms with Crippen LogP contribution in [0.1, 0.15) is 109 Å². The topological polar surface area (TPSA) is 55.8 Å². The number of alkyl halides is 2. The Bertz CT molecular complexity index is 581. The summed E-state index contributed by atoms with van der Waals surface area (Å²) < 4.78 is 46.8. The van der Waals surface area contributed by atoms with Crippen LogP contribution in [0, 0.1) is 0 Å². The molecule has 0 fully saturated rings. The van der Waals surface area contributed by atoms with Gasteiger partial charge in [0, 0.05) is 5.56 Å². The predicted octanol–water partition coefficient (Wildman–Crippen LogP) is 8.60. The largest absolute Gasteiger partial charge is 0.527 e. The van der Waals surface area contributed by atoms with Crippen LogP contribution in [-0.4, -0.2) is 11.5 Å². The van der Waals surface area contributed by atoms with E-state index in [1.807, 2.05) is 0 Å². The second-order valence-electron chi connectivity index (χ2n) is 7.86. The molecule has 0 saturated carbocycles. The molecule has 1 atom stereocenters. The fourth-order valence-electron chi connectivity index (χ4n) is 3.31. The standard InChI is InChI=1S/C23H39F2O4P/c1-2-3-4-5-6-7-8-9-10-11-12-13-14-15-20-28-30(26,27)29-22-18-16-21(17-19-22)23(24)25/h16-19,23H,2-15,20H2,1H3,(H,26,27). The van der Waals surface area contributed by atoms with Crippen molar-refractivity contribution in [2.75, 3.05) is 6.61 Å². The van der Waals surface area contributed by atoms with Crippen molar-refractivity contribution in [1.82, 2.24) is 0 Å². The summed E-state index contributed by atoms with van der Waals surface area (Å²) in [6.45, 7) is 2.38. The van der Waals surface area contributed by atoms with Crippen molar-refractivity contribution in [2.24, 2.45) is 0 Å². The monoisotopic (exact) mass is 448 g/mol. The minimum atomic E-state index is -4.23. The Hall–Kier alpha value is -0.970. The SMILES string of the molecule is CCCCCCCCCCCCCCCCOP(=O)(O)Oc1ccc(C(F)F)cc1. The molecule has 1 unspecified atom stereocenters. The predicted molar refractivity (Wildman–Crippen MR) is 118 cm³/mol. The van der Waals surface area contributed by atoms with Gasteiger partial charge >= 0.3 is 7.82 Å². The molecule has 30 heavy (non-hydrogen) atoms. The zero-order chi connectivity index (χ0) is 22.1. The van der Waals surface area contributed by atoms with Crippen LogP contribution >= 0.6 is 7.82 Å². The van der Waals surface area contributed by atoms with Crippen molar-refractivity contribution in [3.8, 4) is 5.75 Å². The molecule has 1 rings (SSSR count). The van der Waals surface area contributed by atoms with E-state index in [4.69, 9.17) is 9.05 Å². The van der Waals surface area contributed by atoms with Crippen molar-refractivity contribution < 1.29 is 27.3 Å². The van der Waals surface area contributed by atoms with Gasteiger partial charge in [-0.15, -0.1) is 0 Å². The number of rotatable bonds is 19. The first kappa shape index (κ1) is 27.1. The minimum absolute atomic E-state index is 0.0335. The molecule has 4 nitrogen and oxygen atoms in total. The van der Waals surface area contributed by atoms with E-state index in [0.717, 1.165) is 25.0 Å². The highest BCUT2D eigenvalue weighted by Gasteiger charge is 2.22. The smallest absolute Gasteiger partial charge is 0.404 e. The lowest BCUT2D eigenvalue weighted by atomic mass is 10.0. The molecule has 7 heteroatoms. The molecule has 0 saturated heterocycles. The van der Waals surface area contributed by atoms with Crippen molar-refractivity contribution >= 4 is 7.82 Å². The molecule has 0 aliphatic carbocycles. The minimum Gasteiger partial charge on any atom is -0.404 e.